The number of rotatable bonds is 8. The van der Waals surface area contributed by atoms with Gasteiger partial charge in [-0.15, -0.1) is 10.2 Å². The molecule has 7 rings (SSSR count). The summed E-state index contributed by atoms with van der Waals surface area (Å²) in [5.41, 5.74) is 4.69. The van der Waals surface area contributed by atoms with Crippen molar-refractivity contribution in [3.05, 3.63) is 80.8 Å². The van der Waals surface area contributed by atoms with E-state index in [1.165, 1.54) is 11.0 Å². The van der Waals surface area contributed by atoms with Crippen molar-refractivity contribution in [3.63, 3.8) is 0 Å². The first kappa shape index (κ1) is 25.6. The van der Waals surface area contributed by atoms with Crippen LogP contribution in [0.1, 0.15) is 69.2 Å². The summed E-state index contributed by atoms with van der Waals surface area (Å²) in [6, 6.07) is 16.4. The Kier molecular flexibility index (Phi) is 6.60. The smallest absolute Gasteiger partial charge is 0.317 e. The summed E-state index contributed by atoms with van der Waals surface area (Å²) in [6.45, 7) is 3.45. The van der Waals surface area contributed by atoms with Crippen LogP contribution in [-0.4, -0.2) is 39.3 Å². The maximum absolute atomic E-state index is 13.9. The number of aromatic amines is 1. The first-order valence-corrected chi connectivity index (χ1v) is 14.8. The average molecular weight is 551 g/mol. The molecular weight excluding hydrogens is 516 g/mol. The number of aromatic nitrogens is 8. The molecule has 1 N–H and O–H groups in total. The summed E-state index contributed by atoms with van der Waals surface area (Å²) in [5, 5.41) is 14.6. The Balaban J connectivity index is 1.32. The van der Waals surface area contributed by atoms with Crippen LogP contribution in [0.2, 0.25) is 0 Å². The van der Waals surface area contributed by atoms with E-state index in [4.69, 9.17) is 4.98 Å². The quantitative estimate of drug-likeness (QED) is 0.299. The molecule has 0 saturated heterocycles. The molecule has 3 heterocycles. The van der Waals surface area contributed by atoms with Crippen molar-refractivity contribution in [2.45, 2.75) is 77.4 Å². The summed E-state index contributed by atoms with van der Waals surface area (Å²) in [5.74, 6) is 2.19. The third kappa shape index (κ3) is 4.71. The molecule has 2 saturated carbocycles. The Morgan fingerprint density at radius 2 is 1.63 bits per heavy atom. The molecule has 0 atom stereocenters. The van der Waals surface area contributed by atoms with Crippen LogP contribution in [0.15, 0.2) is 58.1 Å². The molecule has 210 valence electrons. The first-order chi connectivity index (χ1) is 20.1. The molecular formula is C31H34N8O2. The number of aryl methyl sites for hydroxylation is 1. The van der Waals surface area contributed by atoms with Crippen molar-refractivity contribution < 1.29 is 0 Å². The van der Waals surface area contributed by atoms with Crippen LogP contribution in [0.3, 0.4) is 0 Å². The molecule has 3 aromatic heterocycles. The summed E-state index contributed by atoms with van der Waals surface area (Å²) in [4.78, 5) is 32.4. The van der Waals surface area contributed by atoms with Gasteiger partial charge < -0.3 is 4.57 Å². The molecule has 0 aliphatic heterocycles. The van der Waals surface area contributed by atoms with Gasteiger partial charge in [0.2, 0.25) is 5.82 Å². The van der Waals surface area contributed by atoms with Crippen molar-refractivity contribution in [2.24, 2.45) is 5.92 Å². The Bertz CT molecular complexity index is 1800. The van der Waals surface area contributed by atoms with Gasteiger partial charge in [0.05, 0.1) is 0 Å². The van der Waals surface area contributed by atoms with E-state index in [0.29, 0.717) is 42.5 Å². The Hall–Kier alpha value is -4.34. The highest BCUT2D eigenvalue weighted by Crippen LogP contribution is 2.35. The van der Waals surface area contributed by atoms with Gasteiger partial charge in [-0.1, -0.05) is 67.8 Å². The molecule has 0 spiro atoms. The summed E-state index contributed by atoms with van der Waals surface area (Å²) in [7, 11) is 0. The van der Waals surface area contributed by atoms with Crippen molar-refractivity contribution >= 4 is 11.2 Å². The monoisotopic (exact) mass is 550 g/mol. The number of fused-ring (bicyclic) bond motifs is 1. The topological polar surface area (TPSA) is 116 Å². The van der Waals surface area contributed by atoms with E-state index in [9.17, 15) is 9.59 Å². The van der Waals surface area contributed by atoms with Crippen LogP contribution < -0.4 is 11.2 Å². The van der Waals surface area contributed by atoms with Gasteiger partial charge in [-0.25, -0.2) is 9.78 Å². The van der Waals surface area contributed by atoms with Crippen molar-refractivity contribution in [1.82, 2.24) is 39.3 Å². The van der Waals surface area contributed by atoms with E-state index in [-0.39, 0.29) is 17.2 Å². The highest BCUT2D eigenvalue weighted by molar-refractivity contribution is 5.80. The number of H-pyrrole nitrogens is 1. The summed E-state index contributed by atoms with van der Waals surface area (Å²) < 4.78 is 5.27. The lowest BCUT2D eigenvalue weighted by Gasteiger charge is -2.22. The van der Waals surface area contributed by atoms with Crippen LogP contribution in [0.5, 0.6) is 0 Å². The van der Waals surface area contributed by atoms with Crippen molar-refractivity contribution in [2.75, 3.05) is 0 Å². The zero-order chi connectivity index (χ0) is 27.9. The lowest BCUT2D eigenvalue weighted by atomic mass is 9.88. The molecule has 2 aliphatic carbocycles. The van der Waals surface area contributed by atoms with Gasteiger partial charge >= 0.3 is 5.69 Å². The predicted molar refractivity (Wildman–Crippen MR) is 157 cm³/mol. The number of hydrogen-bond donors (Lipinski definition) is 1. The molecule has 2 aliphatic rings. The Labute approximate surface area is 237 Å². The zero-order valence-corrected chi connectivity index (χ0v) is 23.3. The van der Waals surface area contributed by atoms with E-state index in [2.05, 4.69) is 55.5 Å². The van der Waals surface area contributed by atoms with Gasteiger partial charge in [-0.3, -0.25) is 13.9 Å². The fourth-order valence-corrected chi connectivity index (χ4v) is 6.32. The molecule has 0 radical (unpaired) electrons. The zero-order valence-electron chi connectivity index (χ0n) is 23.3. The van der Waals surface area contributed by atoms with Crippen LogP contribution in [0.4, 0.5) is 0 Å². The minimum atomic E-state index is -0.235. The summed E-state index contributed by atoms with van der Waals surface area (Å²) in [6.07, 6.45) is 7.82. The second kappa shape index (κ2) is 10.6. The van der Waals surface area contributed by atoms with E-state index in [0.717, 1.165) is 66.6 Å². The minimum absolute atomic E-state index is 0.207. The van der Waals surface area contributed by atoms with Gasteiger partial charge in [0.25, 0.3) is 5.56 Å². The number of imidazole rings is 1. The summed E-state index contributed by atoms with van der Waals surface area (Å²) >= 11 is 0. The molecule has 41 heavy (non-hydrogen) atoms. The normalized spacial score (nSPS) is 16.0. The van der Waals surface area contributed by atoms with Crippen molar-refractivity contribution in [3.8, 4) is 22.5 Å². The lowest BCUT2D eigenvalue weighted by molar-refractivity contribution is 0.419. The van der Waals surface area contributed by atoms with E-state index in [1.807, 2.05) is 25.1 Å². The van der Waals surface area contributed by atoms with Crippen LogP contribution in [0, 0.1) is 5.92 Å². The fourth-order valence-electron chi connectivity index (χ4n) is 6.32. The standard InChI is InChI=1S/C31H34N8O2/c1-2-37-29-26(30(40)39(31(37)41)19-20-12-13-20)38(28(32-29)23-8-4-3-5-9-23)18-21-14-16-22(17-15-21)24-10-6-7-11-25(24)27-33-35-36-34-27/h6-7,10-11,14-17,20,23H,2-5,8-9,12-13,18-19H2,1H3,(H,33,34,35,36). The molecule has 0 amide bonds. The molecule has 10 nitrogen and oxygen atoms in total. The average Bonchev–Trinajstić information content (AvgIpc) is 3.51. The van der Waals surface area contributed by atoms with E-state index >= 15 is 0 Å². The van der Waals surface area contributed by atoms with Crippen LogP contribution in [0.25, 0.3) is 33.7 Å². The van der Waals surface area contributed by atoms with Gasteiger partial charge in [0.15, 0.2) is 11.2 Å². The number of hydrogen-bond acceptors (Lipinski definition) is 6. The van der Waals surface area contributed by atoms with Gasteiger partial charge in [0.1, 0.15) is 5.82 Å². The second-order valence-corrected chi connectivity index (χ2v) is 11.4. The maximum Gasteiger partial charge on any atom is 0.332 e. The van der Waals surface area contributed by atoms with E-state index < -0.39 is 0 Å². The number of benzene rings is 2. The van der Waals surface area contributed by atoms with Gasteiger partial charge in [-0.2, -0.15) is 5.21 Å². The predicted octanol–water partition coefficient (Wildman–Crippen LogP) is 4.73. The van der Waals surface area contributed by atoms with Gasteiger partial charge in [-0.05, 0) is 60.4 Å². The molecule has 2 fully saturated rings. The van der Waals surface area contributed by atoms with Gasteiger partial charge in [0, 0.05) is 31.1 Å². The Morgan fingerprint density at radius 1 is 0.878 bits per heavy atom. The molecule has 2 aromatic carbocycles. The number of nitrogens with zero attached hydrogens (tertiary/aromatic N) is 7. The molecule has 10 heteroatoms. The highest BCUT2D eigenvalue weighted by atomic mass is 16.2. The van der Waals surface area contributed by atoms with Crippen LogP contribution >= 0.6 is 0 Å². The third-order valence-corrected chi connectivity index (χ3v) is 8.69. The highest BCUT2D eigenvalue weighted by Gasteiger charge is 2.29. The first-order valence-electron chi connectivity index (χ1n) is 14.8. The molecule has 5 aromatic rings. The maximum atomic E-state index is 13.9. The fraction of sp³-hybridized carbons (Fsp3) is 0.419. The molecule has 0 bridgehead atoms. The second-order valence-electron chi connectivity index (χ2n) is 11.4. The van der Waals surface area contributed by atoms with Crippen LogP contribution in [-0.2, 0) is 19.6 Å². The SMILES string of the molecule is CCn1c(=O)n(CC2CC2)c(=O)c2c1nc(C1CCCCC1)n2Cc1ccc(-c2ccccc2-c2nn[nH]n2)cc1. The largest absolute Gasteiger partial charge is 0.332 e. The molecule has 0 unspecified atom stereocenters. The number of tetrazole rings is 1. The Morgan fingerprint density at radius 3 is 2.32 bits per heavy atom. The van der Waals surface area contributed by atoms with Crippen molar-refractivity contribution in [1.29, 1.82) is 0 Å². The number of nitrogens with one attached hydrogen (secondary N) is 1. The third-order valence-electron chi connectivity index (χ3n) is 8.69. The minimum Gasteiger partial charge on any atom is -0.317 e. The van der Waals surface area contributed by atoms with E-state index in [1.54, 1.807) is 4.57 Å². The lowest BCUT2D eigenvalue weighted by Crippen LogP contribution is -2.41.